The van der Waals surface area contributed by atoms with Crippen LogP contribution in [0.3, 0.4) is 0 Å². The minimum atomic E-state index is -0.376. The highest BCUT2D eigenvalue weighted by molar-refractivity contribution is 5.68. The first kappa shape index (κ1) is 14.7. The van der Waals surface area contributed by atoms with E-state index in [1.54, 1.807) is 0 Å². The maximum absolute atomic E-state index is 12.0. The van der Waals surface area contributed by atoms with Crippen molar-refractivity contribution in [2.24, 2.45) is 11.8 Å². The Morgan fingerprint density at radius 1 is 1.11 bits per heavy atom. The van der Waals surface area contributed by atoms with Crippen LogP contribution in [0.4, 0.5) is 4.79 Å². The molecule has 1 amide bonds. The maximum Gasteiger partial charge on any atom is 0.410 e. The smallest absolute Gasteiger partial charge is 0.410 e. The van der Waals surface area contributed by atoms with Crippen LogP contribution in [0, 0.1) is 11.8 Å². The van der Waals surface area contributed by atoms with Gasteiger partial charge in [0.1, 0.15) is 5.60 Å². The molecule has 0 aromatic heterocycles. The summed E-state index contributed by atoms with van der Waals surface area (Å²) < 4.78 is 5.45. The zero-order chi connectivity index (χ0) is 13.9. The van der Waals surface area contributed by atoms with Crippen molar-refractivity contribution >= 4 is 6.09 Å². The predicted octanol–water partition coefficient (Wildman–Crippen LogP) is 4.21. The van der Waals surface area contributed by atoms with Crippen LogP contribution in [0.2, 0.25) is 0 Å². The average molecular weight is 267 g/mol. The van der Waals surface area contributed by atoms with Gasteiger partial charge in [0, 0.05) is 13.1 Å². The SMILES string of the molecule is CC(C)(C)OC(=O)N1CCC(CC2CCCCC2)C1. The fourth-order valence-corrected chi connectivity index (χ4v) is 3.41. The van der Waals surface area contributed by atoms with E-state index >= 15 is 0 Å². The van der Waals surface area contributed by atoms with Gasteiger partial charge in [0.05, 0.1) is 0 Å². The summed E-state index contributed by atoms with van der Waals surface area (Å²) in [5.74, 6) is 1.62. The molecule has 1 saturated heterocycles. The van der Waals surface area contributed by atoms with Crippen molar-refractivity contribution in [2.45, 2.75) is 71.3 Å². The van der Waals surface area contributed by atoms with Gasteiger partial charge in [-0.2, -0.15) is 0 Å². The topological polar surface area (TPSA) is 29.5 Å². The van der Waals surface area contributed by atoms with Crippen LogP contribution in [-0.4, -0.2) is 29.7 Å². The van der Waals surface area contributed by atoms with Crippen LogP contribution in [0.25, 0.3) is 0 Å². The molecule has 1 atom stereocenters. The molecule has 2 aliphatic rings. The van der Waals surface area contributed by atoms with Gasteiger partial charge in [0.2, 0.25) is 0 Å². The summed E-state index contributed by atoms with van der Waals surface area (Å²) in [6.45, 7) is 7.58. The molecule has 1 unspecified atom stereocenters. The number of ether oxygens (including phenoxy) is 1. The number of amides is 1. The highest BCUT2D eigenvalue weighted by Crippen LogP contribution is 2.32. The second-order valence-electron chi connectivity index (χ2n) is 7.32. The maximum atomic E-state index is 12.0. The molecule has 0 aromatic carbocycles. The second kappa shape index (κ2) is 6.15. The van der Waals surface area contributed by atoms with Gasteiger partial charge >= 0.3 is 6.09 Å². The summed E-state index contributed by atoms with van der Waals surface area (Å²) in [5.41, 5.74) is -0.376. The number of hydrogen-bond donors (Lipinski definition) is 0. The van der Waals surface area contributed by atoms with E-state index in [1.807, 2.05) is 25.7 Å². The number of likely N-dealkylation sites (tertiary alicyclic amines) is 1. The Morgan fingerprint density at radius 3 is 2.42 bits per heavy atom. The molecule has 1 heterocycles. The predicted molar refractivity (Wildman–Crippen MR) is 77.1 cm³/mol. The van der Waals surface area contributed by atoms with Crippen LogP contribution in [0.1, 0.15) is 65.7 Å². The molecular weight excluding hydrogens is 238 g/mol. The quantitative estimate of drug-likeness (QED) is 0.750. The summed E-state index contributed by atoms with van der Waals surface area (Å²) >= 11 is 0. The largest absolute Gasteiger partial charge is 0.444 e. The molecule has 0 aromatic rings. The fourth-order valence-electron chi connectivity index (χ4n) is 3.41. The van der Waals surface area contributed by atoms with E-state index in [9.17, 15) is 4.79 Å². The van der Waals surface area contributed by atoms with Crippen LogP contribution in [-0.2, 0) is 4.74 Å². The van der Waals surface area contributed by atoms with E-state index in [4.69, 9.17) is 4.74 Å². The Morgan fingerprint density at radius 2 is 1.79 bits per heavy atom. The zero-order valence-electron chi connectivity index (χ0n) is 12.8. The van der Waals surface area contributed by atoms with E-state index in [2.05, 4.69) is 0 Å². The molecule has 19 heavy (non-hydrogen) atoms. The first-order chi connectivity index (χ1) is 8.94. The lowest BCUT2D eigenvalue weighted by Gasteiger charge is -2.26. The van der Waals surface area contributed by atoms with Gasteiger partial charge in [0.25, 0.3) is 0 Å². The molecular formula is C16H29NO2. The molecule has 3 nitrogen and oxygen atoms in total. The third kappa shape index (κ3) is 4.70. The van der Waals surface area contributed by atoms with Crippen molar-refractivity contribution in [3.63, 3.8) is 0 Å². The number of carbonyl (C=O) groups is 1. The van der Waals surface area contributed by atoms with Crippen LogP contribution in [0.15, 0.2) is 0 Å². The average Bonchev–Trinajstić information content (AvgIpc) is 2.77. The zero-order valence-corrected chi connectivity index (χ0v) is 12.8. The van der Waals surface area contributed by atoms with E-state index < -0.39 is 0 Å². The van der Waals surface area contributed by atoms with Crippen LogP contribution in [0.5, 0.6) is 0 Å². The molecule has 0 N–H and O–H groups in total. The first-order valence-corrected chi connectivity index (χ1v) is 7.92. The summed E-state index contributed by atoms with van der Waals surface area (Å²) in [6.07, 6.45) is 9.41. The third-order valence-electron chi connectivity index (χ3n) is 4.33. The lowest BCUT2D eigenvalue weighted by atomic mass is 9.82. The van der Waals surface area contributed by atoms with Crippen molar-refractivity contribution in [1.82, 2.24) is 4.90 Å². The van der Waals surface area contributed by atoms with Gasteiger partial charge in [-0.25, -0.2) is 4.79 Å². The Labute approximate surface area is 117 Å². The van der Waals surface area contributed by atoms with Crippen molar-refractivity contribution in [1.29, 1.82) is 0 Å². The van der Waals surface area contributed by atoms with Crippen LogP contribution < -0.4 is 0 Å². The molecule has 1 aliphatic heterocycles. The van der Waals surface area contributed by atoms with Gasteiger partial charge in [0.15, 0.2) is 0 Å². The molecule has 110 valence electrons. The summed E-state index contributed by atoms with van der Waals surface area (Å²) in [4.78, 5) is 13.9. The van der Waals surface area contributed by atoms with Crippen molar-refractivity contribution in [3.8, 4) is 0 Å². The summed E-state index contributed by atoms with van der Waals surface area (Å²) in [5, 5.41) is 0. The van der Waals surface area contributed by atoms with Gasteiger partial charge in [-0.3, -0.25) is 0 Å². The van der Waals surface area contributed by atoms with E-state index in [1.165, 1.54) is 38.5 Å². The molecule has 0 bridgehead atoms. The Bertz CT molecular complexity index is 302. The summed E-state index contributed by atoms with van der Waals surface area (Å²) in [7, 11) is 0. The Hall–Kier alpha value is -0.730. The minimum Gasteiger partial charge on any atom is -0.444 e. The number of carbonyl (C=O) groups excluding carboxylic acids is 1. The molecule has 3 heteroatoms. The van der Waals surface area contributed by atoms with E-state index in [0.29, 0.717) is 5.92 Å². The monoisotopic (exact) mass is 267 g/mol. The van der Waals surface area contributed by atoms with E-state index in [0.717, 1.165) is 25.4 Å². The standard InChI is InChI=1S/C16H29NO2/c1-16(2,3)19-15(18)17-10-9-14(12-17)11-13-7-5-4-6-8-13/h13-14H,4-12H2,1-3H3. The van der Waals surface area contributed by atoms with Crippen LogP contribution >= 0.6 is 0 Å². The van der Waals surface area contributed by atoms with E-state index in [-0.39, 0.29) is 11.7 Å². The van der Waals surface area contributed by atoms with Crippen molar-refractivity contribution < 1.29 is 9.53 Å². The Balaban J connectivity index is 1.74. The number of nitrogens with zero attached hydrogens (tertiary/aromatic N) is 1. The lowest BCUT2D eigenvalue weighted by molar-refractivity contribution is 0.0286. The molecule has 0 radical (unpaired) electrons. The van der Waals surface area contributed by atoms with Gasteiger partial charge in [-0.15, -0.1) is 0 Å². The highest BCUT2D eigenvalue weighted by Gasteiger charge is 2.31. The van der Waals surface area contributed by atoms with Crippen molar-refractivity contribution in [2.75, 3.05) is 13.1 Å². The Kier molecular flexibility index (Phi) is 4.75. The van der Waals surface area contributed by atoms with Gasteiger partial charge in [-0.05, 0) is 45.4 Å². The molecule has 2 rings (SSSR count). The number of hydrogen-bond acceptors (Lipinski definition) is 2. The first-order valence-electron chi connectivity index (χ1n) is 7.92. The molecule has 0 spiro atoms. The molecule has 1 aliphatic carbocycles. The minimum absolute atomic E-state index is 0.126. The normalized spacial score (nSPS) is 25.6. The number of rotatable bonds is 2. The third-order valence-corrected chi connectivity index (χ3v) is 4.33. The highest BCUT2D eigenvalue weighted by atomic mass is 16.6. The van der Waals surface area contributed by atoms with Crippen molar-refractivity contribution in [3.05, 3.63) is 0 Å². The van der Waals surface area contributed by atoms with Gasteiger partial charge < -0.3 is 9.64 Å². The molecule has 1 saturated carbocycles. The van der Waals surface area contributed by atoms with Gasteiger partial charge in [-0.1, -0.05) is 32.1 Å². The molecule has 2 fully saturated rings. The fraction of sp³-hybridized carbons (Fsp3) is 0.938. The summed E-state index contributed by atoms with van der Waals surface area (Å²) in [6, 6.07) is 0. The second-order valence-corrected chi connectivity index (χ2v) is 7.32. The lowest BCUT2D eigenvalue weighted by Crippen LogP contribution is -2.35.